The number of fused-ring (bicyclic) bond motifs is 3. The molecule has 7 rings (SSSR count). The Hall–Kier alpha value is -2.61. The van der Waals surface area contributed by atoms with Gasteiger partial charge in [-0.2, -0.15) is 0 Å². The van der Waals surface area contributed by atoms with Crippen molar-refractivity contribution >= 4 is 22.4 Å². The third kappa shape index (κ3) is 9.76. The van der Waals surface area contributed by atoms with Crippen LogP contribution in [-0.2, 0) is 23.6 Å². The van der Waals surface area contributed by atoms with Crippen molar-refractivity contribution in [2.45, 2.75) is 26.3 Å². The molecule has 3 fully saturated rings. The average molecular weight is 685 g/mol. The number of methoxy groups -OCH3 is 1. The summed E-state index contributed by atoms with van der Waals surface area (Å²) in [5.74, 6) is 3.14. The molecule has 2 aromatic carbocycles. The average Bonchev–Trinajstić information content (AvgIpc) is 3.91. The zero-order chi connectivity index (χ0) is 32.3. The van der Waals surface area contributed by atoms with Gasteiger partial charge in [0, 0.05) is 51.4 Å². The number of benzene rings is 2. The predicted molar refractivity (Wildman–Crippen MR) is 194 cm³/mol. The van der Waals surface area contributed by atoms with E-state index in [1.165, 1.54) is 34.5 Å². The van der Waals surface area contributed by atoms with Crippen LogP contribution in [-0.4, -0.2) is 78.7 Å². The molecule has 10 radical (unpaired) electrons. The number of ether oxygens (including phenoxy) is 1. The molecule has 0 unspecified atom stereocenters. The fraction of sp³-hybridized carbons (Fsp3) is 0.325. The van der Waals surface area contributed by atoms with Crippen LogP contribution >= 0.6 is 0 Å². The van der Waals surface area contributed by atoms with Crippen molar-refractivity contribution in [3.8, 4) is 5.75 Å². The van der Waals surface area contributed by atoms with E-state index in [2.05, 4.69) is 100 Å². The molecule has 0 amide bonds. The molecule has 3 aliphatic rings. The zero-order valence-electron chi connectivity index (χ0n) is 28.2. The Balaban J connectivity index is 0.000000689. The molecule has 4 aromatic rings. The fourth-order valence-electron chi connectivity index (χ4n) is 6.49. The molecule has 2 aliphatic carbocycles. The summed E-state index contributed by atoms with van der Waals surface area (Å²) in [7, 11) is 1.71. The van der Waals surface area contributed by atoms with Gasteiger partial charge in [-0.05, 0) is 138 Å². The number of para-hydroxylation sites is 2. The third-order valence-electron chi connectivity index (χ3n) is 9.02. The van der Waals surface area contributed by atoms with Crippen LogP contribution in [0.25, 0.3) is 16.6 Å². The first-order chi connectivity index (χ1) is 23.2. The minimum Gasteiger partial charge on any atom is -0.497 e. The SMILES string of the molecule is COc1ccc(CNCCCN2CCN(CCCNc3nc4ccccc4n4cc(C)c([C]5[CH][CH][CH][CH]5)c34)CC2)cc1.[CH]1[CH][CH][CH][CH]1.[Fe+2]. The van der Waals surface area contributed by atoms with Crippen LogP contribution < -0.4 is 15.4 Å². The first kappa shape index (κ1) is 36.7. The molecule has 1 aliphatic heterocycles. The largest absolute Gasteiger partial charge is 2.00 e. The van der Waals surface area contributed by atoms with E-state index in [0.29, 0.717) is 0 Å². The molecule has 1 saturated heterocycles. The monoisotopic (exact) mass is 684 g/mol. The summed E-state index contributed by atoms with van der Waals surface area (Å²) < 4.78 is 7.56. The normalized spacial score (nSPS) is 17.4. The van der Waals surface area contributed by atoms with Gasteiger partial charge in [0.25, 0.3) is 0 Å². The maximum Gasteiger partial charge on any atom is 2.00 e. The molecule has 2 N–H and O–H groups in total. The number of aromatic nitrogens is 2. The van der Waals surface area contributed by atoms with Gasteiger partial charge in [0.05, 0.1) is 23.7 Å². The molecular weight excluding hydrogens is 636 g/mol. The van der Waals surface area contributed by atoms with E-state index in [0.717, 1.165) is 87.9 Å². The Morgan fingerprint density at radius 2 is 1.40 bits per heavy atom. The number of hydrogen-bond donors (Lipinski definition) is 2. The smallest absolute Gasteiger partial charge is 0.497 e. The van der Waals surface area contributed by atoms with Gasteiger partial charge in [0.1, 0.15) is 5.75 Å². The number of piperazine rings is 1. The van der Waals surface area contributed by atoms with Gasteiger partial charge in [-0.15, -0.1) is 0 Å². The van der Waals surface area contributed by atoms with E-state index >= 15 is 0 Å². The topological polar surface area (TPSA) is 57.1 Å². The summed E-state index contributed by atoms with van der Waals surface area (Å²) in [5.41, 5.74) is 7.17. The third-order valence-corrected chi connectivity index (χ3v) is 9.02. The van der Waals surface area contributed by atoms with E-state index in [1.807, 2.05) is 44.2 Å². The van der Waals surface area contributed by atoms with E-state index in [-0.39, 0.29) is 17.1 Å². The molecule has 0 atom stereocenters. The van der Waals surface area contributed by atoms with Gasteiger partial charge >= 0.3 is 17.1 Å². The van der Waals surface area contributed by atoms with Crippen molar-refractivity contribution < 1.29 is 21.8 Å². The number of anilines is 1. The zero-order valence-corrected chi connectivity index (χ0v) is 29.3. The molecule has 3 heterocycles. The first-order valence-corrected chi connectivity index (χ1v) is 17.0. The second-order valence-corrected chi connectivity index (χ2v) is 12.3. The van der Waals surface area contributed by atoms with Crippen molar-refractivity contribution in [2.75, 3.05) is 64.8 Å². The number of rotatable bonds is 13. The summed E-state index contributed by atoms with van der Waals surface area (Å²) in [5, 5.41) is 7.30. The number of aryl methyl sites for hydroxylation is 1. The maximum absolute atomic E-state index is 5.24. The summed E-state index contributed by atoms with van der Waals surface area (Å²) in [6.45, 7) is 12.0. The molecule has 2 aromatic heterocycles. The number of hydrogen-bond acceptors (Lipinski definition) is 6. The minimum atomic E-state index is 0. The van der Waals surface area contributed by atoms with Gasteiger partial charge < -0.3 is 29.6 Å². The first-order valence-electron chi connectivity index (χ1n) is 17.0. The van der Waals surface area contributed by atoms with Gasteiger partial charge in [-0.3, -0.25) is 0 Å². The Kier molecular flexibility index (Phi) is 14.5. The summed E-state index contributed by atoms with van der Waals surface area (Å²) in [6, 6.07) is 16.7. The molecule has 0 spiro atoms. The Labute approximate surface area is 299 Å². The number of nitrogens with one attached hydrogen (secondary N) is 2. The summed E-state index contributed by atoms with van der Waals surface area (Å²) >= 11 is 0. The van der Waals surface area contributed by atoms with Gasteiger partial charge in [0.2, 0.25) is 0 Å². The molecule has 7 nitrogen and oxygen atoms in total. The van der Waals surface area contributed by atoms with Crippen LogP contribution in [0.3, 0.4) is 0 Å². The summed E-state index contributed by atoms with van der Waals surface area (Å²) in [6.07, 6.45) is 23.1. The van der Waals surface area contributed by atoms with Gasteiger partial charge in [0.15, 0.2) is 5.82 Å². The maximum atomic E-state index is 5.24. The molecule has 250 valence electrons. The van der Waals surface area contributed by atoms with Crippen LogP contribution in [0.4, 0.5) is 5.82 Å². The van der Waals surface area contributed by atoms with E-state index in [4.69, 9.17) is 9.72 Å². The number of nitrogens with zero attached hydrogens (tertiary/aromatic N) is 4. The van der Waals surface area contributed by atoms with E-state index < -0.39 is 0 Å². The van der Waals surface area contributed by atoms with Gasteiger partial charge in [-0.25, -0.2) is 4.98 Å². The minimum absolute atomic E-state index is 0. The van der Waals surface area contributed by atoms with Crippen LogP contribution in [0.5, 0.6) is 5.75 Å². The van der Waals surface area contributed by atoms with Crippen LogP contribution in [0.1, 0.15) is 29.5 Å². The standard InChI is InChI=1S/C35H43N6O.C5H5.Fe/c1-27-26-41-32-12-6-5-11-31(32)38-35(34(41)33(27)29-9-3-4-10-29)37-18-8-20-40-23-21-39(22-24-40)19-7-17-36-25-28-13-15-30(42-2)16-14-28;1-2-4-5-3-1;/h3-6,9-16,26,36H,7-8,17-25H2,1-2H3,(H,37,38);1-5H;/q;;+2. The van der Waals surface area contributed by atoms with E-state index in [9.17, 15) is 0 Å². The van der Waals surface area contributed by atoms with Crippen molar-refractivity contribution in [1.82, 2.24) is 24.5 Å². The van der Waals surface area contributed by atoms with Crippen molar-refractivity contribution in [1.29, 1.82) is 0 Å². The Bertz CT molecular complexity index is 1510. The van der Waals surface area contributed by atoms with E-state index in [1.54, 1.807) is 7.11 Å². The molecule has 2 saturated carbocycles. The van der Waals surface area contributed by atoms with Crippen molar-refractivity contribution in [3.63, 3.8) is 0 Å². The van der Waals surface area contributed by atoms with Crippen molar-refractivity contribution in [3.05, 3.63) is 135 Å². The second kappa shape index (κ2) is 19.0. The van der Waals surface area contributed by atoms with Crippen LogP contribution in [0, 0.1) is 70.6 Å². The Morgan fingerprint density at radius 1 is 0.771 bits per heavy atom. The molecule has 0 bridgehead atoms. The molecule has 48 heavy (non-hydrogen) atoms. The van der Waals surface area contributed by atoms with Crippen LogP contribution in [0.15, 0.2) is 54.7 Å². The second-order valence-electron chi connectivity index (χ2n) is 12.3. The van der Waals surface area contributed by atoms with Crippen molar-refractivity contribution in [2.24, 2.45) is 0 Å². The quantitative estimate of drug-likeness (QED) is 0.130. The fourth-order valence-corrected chi connectivity index (χ4v) is 6.49. The summed E-state index contributed by atoms with van der Waals surface area (Å²) in [4.78, 5) is 10.3. The van der Waals surface area contributed by atoms with Gasteiger partial charge in [-0.1, -0.05) is 24.3 Å². The predicted octanol–water partition coefficient (Wildman–Crippen LogP) is 6.18. The molecular formula is C40H48FeN6O+2. The van der Waals surface area contributed by atoms with Crippen LogP contribution in [0.2, 0.25) is 0 Å². The molecule has 8 heteroatoms. The Morgan fingerprint density at radius 3 is 2.04 bits per heavy atom.